The van der Waals surface area contributed by atoms with Gasteiger partial charge >= 0.3 is 0 Å². The number of aliphatic hydroxyl groups excluding tert-OH is 1. The molecule has 0 unspecified atom stereocenters. The van der Waals surface area contributed by atoms with Crippen LogP contribution in [-0.4, -0.2) is 45.9 Å². The van der Waals surface area contributed by atoms with E-state index in [1.807, 2.05) is 0 Å². The summed E-state index contributed by atoms with van der Waals surface area (Å²) >= 11 is 0. The Labute approximate surface area is 122 Å². The number of ketones is 1. The van der Waals surface area contributed by atoms with Crippen LogP contribution >= 0.6 is 0 Å². The summed E-state index contributed by atoms with van der Waals surface area (Å²) in [5.74, 6) is -0.181. The van der Waals surface area contributed by atoms with E-state index in [1.165, 1.54) is 0 Å². The van der Waals surface area contributed by atoms with Crippen LogP contribution in [0.3, 0.4) is 0 Å². The predicted octanol–water partition coefficient (Wildman–Crippen LogP) is 1.45. The molecule has 21 heavy (non-hydrogen) atoms. The Morgan fingerprint density at radius 2 is 1.81 bits per heavy atom. The molecule has 0 radical (unpaired) electrons. The highest BCUT2D eigenvalue weighted by molar-refractivity contribution is 6.09. The molecular formula is C16H16N2O3. The zero-order valence-corrected chi connectivity index (χ0v) is 11.5. The summed E-state index contributed by atoms with van der Waals surface area (Å²) in [5.41, 5.74) is 1.68. The number of amides is 1. The number of aliphatic hydroxyl groups is 1. The van der Waals surface area contributed by atoms with Crippen LogP contribution in [0.2, 0.25) is 0 Å². The molecule has 2 aromatic rings. The van der Waals surface area contributed by atoms with Crippen LogP contribution in [0, 0.1) is 0 Å². The molecule has 5 nitrogen and oxygen atoms in total. The van der Waals surface area contributed by atoms with E-state index in [4.69, 9.17) is 0 Å². The molecule has 3 rings (SSSR count). The molecule has 5 heteroatoms. The molecule has 0 spiro atoms. The molecule has 1 amide bonds. The quantitative estimate of drug-likeness (QED) is 0.838. The zero-order chi connectivity index (χ0) is 14.8. The minimum absolute atomic E-state index is 0.0770. The maximum atomic E-state index is 12.2. The highest BCUT2D eigenvalue weighted by Gasteiger charge is 2.25. The van der Waals surface area contributed by atoms with E-state index in [0.29, 0.717) is 36.2 Å². The maximum Gasteiger partial charge on any atom is 0.253 e. The Kier molecular flexibility index (Phi) is 3.58. The average molecular weight is 284 g/mol. The number of likely N-dealkylation sites (tertiary alicyclic amines) is 1. The van der Waals surface area contributed by atoms with Crippen LogP contribution in [0.5, 0.6) is 0 Å². The lowest BCUT2D eigenvalue weighted by molar-refractivity contribution is 0.0764. The van der Waals surface area contributed by atoms with Crippen molar-refractivity contribution in [1.29, 1.82) is 0 Å². The number of rotatable bonds is 3. The largest absolute Gasteiger partial charge is 0.391 e. The van der Waals surface area contributed by atoms with Crippen molar-refractivity contribution in [3.05, 3.63) is 59.4 Å². The fourth-order valence-corrected chi connectivity index (χ4v) is 2.50. The third-order valence-electron chi connectivity index (χ3n) is 3.70. The molecule has 0 bridgehead atoms. The van der Waals surface area contributed by atoms with Crippen molar-refractivity contribution >= 4 is 11.7 Å². The monoisotopic (exact) mass is 284 g/mol. The maximum absolute atomic E-state index is 12.2. The van der Waals surface area contributed by atoms with Gasteiger partial charge in [-0.05, 0) is 24.6 Å². The molecule has 0 aliphatic carbocycles. The van der Waals surface area contributed by atoms with Gasteiger partial charge in [0.25, 0.3) is 5.91 Å². The molecule has 1 aromatic carbocycles. The Morgan fingerprint density at radius 1 is 1.10 bits per heavy atom. The van der Waals surface area contributed by atoms with Crippen molar-refractivity contribution in [2.75, 3.05) is 13.1 Å². The second kappa shape index (κ2) is 5.54. The van der Waals surface area contributed by atoms with Crippen molar-refractivity contribution in [1.82, 2.24) is 9.88 Å². The number of nitrogens with one attached hydrogen (secondary N) is 1. The molecule has 1 aliphatic heterocycles. The number of aromatic amines is 1. The van der Waals surface area contributed by atoms with Gasteiger partial charge in [-0.15, -0.1) is 0 Å². The summed E-state index contributed by atoms with van der Waals surface area (Å²) < 4.78 is 0. The average Bonchev–Trinajstić information content (AvgIpc) is 3.17. The lowest BCUT2D eigenvalue weighted by Crippen LogP contribution is -2.29. The SMILES string of the molecule is O=C(c1ccc(C(=O)N2CC[C@@H](O)C2)cc1)c1cc[nH]c1. The van der Waals surface area contributed by atoms with Gasteiger partial charge in [0.1, 0.15) is 0 Å². The van der Waals surface area contributed by atoms with Crippen LogP contribution in [0.15, 0.2) is 42.7 Å². The number of nitrogens with zero attached hydrogens (tertiary/aromatic N) is 1. The van der Waals surface area contributed by atoms with Gasteiger partial charge in [-0.25, -0.2) is 0 Å². The van der Waals surface area contributed by atoms with Crippen molar-refractivity contribution < 1.29 is 14.7 Å². The summed E-state index contributed by atoms with van der Waals surface area (Å²) in [6.07, 6.45) is 3.54. The van der Waals surface area contributed by atoms with Gasteiger partial charge in [0.05, 0.1) is 6.10 Å². The second-order valence-electron chi connectivity index (χ2n) is 5.20. The third kappa shape index (κ3) is 2.73. The highest BCUT2D eigenvalue weighted by atomic mass is 16.3. The summed E-state index contributed by atoms with van der Waals surface area (Å²) in [6.45, 7) is 0.951. The Balaban J connectivity index is 1.75. The number of hydrogen-bond donors (Lipinski definition) is 2. The van der Waals surface area contributed by atoms with Gasteiger partial charge in [-0.2, -0.15) is 0 Å². The van der Waals surface area contributed by atoms with E-state index >= 15 is 0 Å². The van der Waals surface area contributed by atoms with Crippen LogP contribution in [0.25, 0.3) is 0 Å². The van der Waals surface area contributed by atoms with Crippen LogP contribution in [-0.2, 0) is 0 Å². The van der Waals surface area contributed by atoms with Crippen LogP contribution < -0.4 is 0 Å². The first-order valence-electron chi connectivity index (χ1n) is 6.90. The second-order valence-corrected chi connectivity index (χ2v) is 5.20. The van der Waals surface area contributed by atoms with Gasteiger partial charge < -0.3 is 15.0 Å². The number of aromatic nitrogens is 1. The number of benzene rings is 1. The molecule has 0 saturated carbocycles. The van der Waals surface area contributed by atoms with Crippen molar-refractivity contribution in [2.45, 2.75) is 12.5 Å². The first kappa shape index (κ1) is 13.6. The van der Waals surface area contributed by atoms with Gasteiger partial charge in [0, 0.05) is 42.2 Å². The first-order chi connectivity index (χ1) is 10.1. The van der Waals surface area contributed by atoms with E-state index in [0.717, 1.165) is 0 Å². The van der Waals surface area contributed by atoms with Crippen molar-refractivity contribution in [3.8, 4) is 0 Å². The van der Waals surface area contributed by atoms with Crippen molar-refractivity contribution in [3.63, 3.8) is 0 Å². The molecule has 2 N–H and O–H groups in total. The van der Waals surface area contributed by atoms with E-state index in [9.17, 15) is 14.7 Å². The van der Waals surface area contributed by atoms with E-state index in [-0.39, 0.29) is 11.7 Å². The Hall–Kier alpha value is -2.40. The lowest BCUT2D eigenvalue weighted by atomic mass is 10.0. The highest BCUT2D eigenvalue weighted by Crippen LogP contribution is 2.15. The molecule has 108 valence electrons. The molecule has 1 saturated heterocycles. The van der Waals surface area contributed by atoms with Crippen LogP contribution in [0.4, 0.5) is 0 Å². The molecule has 1 fully saturated rings. The topological polar surface area (TPSA) is 73.4 Å². The molecule has 2 heterocycles. The molecule has 1 aromatic heterocycles. The third-order valence-corrected chi connectivity index (χ3v) is 3.70. The summed E-state index contributed by atoms with van der Waals surface area (Å²) in [4.78, 5) is 28.8. The Morgan fingerprint density at radius 3 is 2.38 bits per heavy atom. The number of β-amino-alcohol motifs (C(OH)–C–C–N with tert-alkyl or cyclic N) is 1. The summed E-state index contributed by atoms with van der Waals surface area (Å²) in [7, 11) is 0. The fraction of sp³-hybridized carbons (Fsp3) is 0.250. The zero-order valence-electron chi connectivity index (χ0n) is 11.5. The summed E-state index contributed by atoms with van der Waals surface area (Å²) in [5, 5.41) is 9.48. The first-order valence-corrected chi connectivity index (χ1v) is 6.90. The van der Waals surface area contributed by atoms with E-state index < -0.39 is 6.10 Å². The van der Waals surface area contributed by atoms with Gasteiger partial charge in [0.2, 0.25) is 0 Å². The Bertz CT molecular complexity index is 647. The predicted molar refractivity (Wildman–Crippen MR) is 77.2 cm³/mol. The molecular weight excluding hydrogens is 268 g/mol. The smallest absolute Gasteiger partial charge is 0.253 e. The minimum Gasteiger partial charge on any atom is -0.391 e. The lowest BCUT2D eigenvalue weighted by Gasteiger charge is -2.15. The van der Waals surface area contributed by atoms with Crippen LogP contribution in [0.1, 0.15) is 32.7 Å². The number of hydrogen-bond acceptors (Lipinski definition) is 3. The minimum atomic E-state index is -0.427. The number of carbonyl (C=O) groups excluding carboxylic acids is 2. The van der Waals surface area contributed by atoms with Gasteiger partial charge in [-0.3, -0.25) is 9.59 Å². The van der Waals surface area contributed by atoms with Crippen molar-refractivity contribution in [2.24, 2.45) is 0 Å². The fourth-order valence-electron chi connectivity index (χ4n) is 2.50. The number of carbonyl (C=O) groups is 2. The molecule has 1 atom stereocenters. The van der Waals surface area contributed by atoms with Gasteiger partial charge in [0.15, 0.2) is 5.78 Å². The summed E-state index contributed by atoms with van der Waals surface area (Å²) in [6, 6.07) is 8.36. The van der Waals surface area contributed by atoms with E-state index in [2.05, 4.69) is 4.98 Å². The number of H-pyrrole nitrogens is 1. The normalized spacial score (nSPS) is 18.0. The standard InChI is InChI=1S/C16H16N2O3/c19-14-6-8-18(10-14)16(21)12-3-1-11(2-4-12)15(20)13-5-7-17-9-13/h1-5,7,9,14,17,19H,6,8,10H2/t14-/m1/s1. The van der Waals surface area contributed by atoms with E-state index in [1.54, 1.807) is 47.6 Å². The molecule has 1 aliphatic rings. The van der Waals surface area contributed by atoms with Gasteiger partial charge in [-0.1, -0.05) is 12.1 Å².